The number of aryl methyl sites for hydroxylation is 1. The number of aliphatic carboxylic acids is 1. The lowest BCUT2D eigenvalue weighted by Gasteiger charge is -2.25. The Kier molecular flexibility index (Phi) is 7.70. The highest BCUT2D eigenvalue weighted by Gasteiger charge is 2.29. The molecule has 2 aromatic carbocycles. The van der Waals surface area contributed by atoms with E-state index < -0.39 is 29.3 Å². The second-order valence-electron chi connectivity index (χ2n) is 9.20. The molecule has 1 heterocycles. The van der Waals surface area contributed by atoms with Crippen LogP contribution in [0.15, 0.2) is 57.0 Å². The molecule has 0 unspecified atom stereocenters. The van der Waals surface area contributed by atoms with Crippen LogP contribution in [0.25, 0.3) is 0 Å². The zero-order chi connectivity index (χ0) is 25.9. The maximum atomic E-state index is 13.5. The molecule has 0 bridgehead atoms. The van der Waals surface area contributed by atoms with Crippen LogP contribution in [0.4, 0.5) is 5.69 Å². The number of H-pyrrole nitrogens is 1. The van der Waals surface area contributed by atoms with Crippen molar-refractivity contribution in [1.82, 2.24) is 14.1 Å². The Morgan fingerprint density at radius 1 is 1.17 bits per heavy atom. The van der Waals surface area contributed by atoms with Gasteiger partial charge in [-0.3, -0.25) is 14.3 Å². The molecule has 2 N–H and O–H groups in total. The number of nitrogens with zero attached hydrogens (tertiary/aromatic N) is 3. The third kappa shape index (κ3) is 6.30. The first-order valence-electron chi connectivity index (χ1n) is 11.1. The molecule has 10 heteroatoms. The predicted molar refractivity (Wildman–Crippen MR) is 134 cm³/mol. The summed E-state index contributed by atoms with van der Waals surface area (Å²) in [5.41, 5.74) is -0.547. The Bertz CT molecular complexity index is 1420. The molecule has 3 aromatic rings. The fraction of sp³-hybridized carbons (Fsp3) is 0.360. The van der Waals surface area contributed by atoms with Gasteiger partial charge in [-0.05, 0) is 76.1 Å². The normalized spacial score (nSPS) is 12.3. The Morgan fingerprint density at radius 2 is 1.83 bits per heavy atom. The van der Waals surface area contributed by atoms with Crippen molar-refractivity contribution in [3.8, 4) is 5.75 Å². The molecule has 186 valence electrons. The van der Waals surface area contributed by atoms with Crippen LogP contribution < -0.4 is 21.7 Å². The summed E-state index contributed by atoms with van der Waals surface area (Å²) in [6, 6.07) is 12.2. The molecular weight excluding hydrogens is 472 g/mol. The van der Waals surface area contributed by atoms with Crippen molar-refractivity contribution in [2.45, 2.75) is 59.2 Å². The Labute approximate surface area is 207 Å². The molecule has 0 atom stereocenters. The molecule has 0 fully saturated rings. The van der Waals surface area contributed by atoms with Crippen molar-refractivity contribution < 1.29 is 14.6 Å². The van der Waals surface area contributed by atoms with Crippen LogP contribution in [-0.4, -0.2) is 31.3 Å². The average Bonchev–Trinajstić information content (AvgIpc) is 2.72. The van der Waals surface area contributed by atoms with Gasteiger partial charge in [-0.2, -0.15) is 0 Å². The lowest BCUT2D eigenvalue weighted by atomic mass is 10.0. The number of ether oxygens (including phenoxy) is 1. The van der Waals surface area contributed by atoms with E-state index in [-0.39, 0.29) is 18.3 Å². The number of nitrogens with one attached hydrogen (secondary N) is 1. The molecular formula is C25H29ClN4O5. The van der Waals surface area contributed by atoms with Crippen molar-refractivity contribution in [2.75, 3.05) is 0 Å². The maximum absolute atomic E-state index is 13.5. The highest BCUT2D eigenvalue weighted by atomic mass is 35.5. The van der Waals surface area contributed by atoms with Crippen LogP contribution in [0.1, 0.15) is 45.2 Å². The largest absolute Gasteiger partial charge is 0.491 e. The van der Waals surface area contributed by atoms with Crippen molar-refractivity contribution in [2.24, 2.45) is 4.99 Å². The van der Waals surface area contributed by atoms with Gasteiger partial charge in [0.1, 0.15) is 5.75 Å². The molecule has 9 nitrogen and oxygen atoms in total. The highest BCUT2D eigenvalue weighted by molar-refractivity contribution is 6.30. The SMILES string of the molecule is Cc1cc(/N=c2\[nH]c(=O)n(C(C)(C)CC(=O)O)c(=O)n2Cc2ccc(Cl)cc2)ccc1OC(C)C. The third-order valence-corrected chi connectivity index (χ3v) is 5.55. The number of carbonyl (C=O) groups is 1. The van der Waals surface area contributed by atoms with Crippen molar-refractivity contribution in [3.05, 3.63) is 85.2 Å². The predicted octanol–water partition coefficient (Wildman–Crippen LogP) is 3.58. The van der Waals surface area contributed by atoms with Crippen molar-refractivity contribution in [1.29, 1.82) is 0 Å². The van der Waals surface area contributed by atoms with Crippen LogP contribution in [-0.2, 0) is 16.9 Å². The summed E-state index contributed by atoms with van der Waals surface area (Å²) in [7, 11) is 0. The van der Waals surface area contributed by atoms with Gasteiger partial charge in [0.05, 0.1) is 30.3 Å². The molecule has 0 radical (unpaired) electrons. The molecule has 35 heavy (non-hydrogen) atoms. The number of hydrogen-bond acceptors (Lipinski definition) is 5. The van der Waals surface area contributed by atoms with E-state index in [1.807, 2.05) is 20.8 Å². The summed E-state index contributed by atoms with van der Waals surface area (Å²) in [5.74, 6) is -0.411. The van der Waals surface area contributed by atoms with Crippen LogP contribution in [0.3, 0.4) is 0 Å². The lowest BCUT2D eigenvalue weighted by molar-refractivity contribution is -0.139. The van der Waals surface area contributed by atoms with E-state index in [9.17, 15) is 19.5 Å². The van der Waals surface area contributed by atoms with Crippen molar-refractivity contribution in [3.63, 3.8) is 0 Å². The Balaban J connectivity index is 2.23. The zero-order valence-electron chi connectivity index (χ0n) is 20.3. The topological polar surface area (TPSA) is 119 Å². The summed E-state index contributed by atoms with van der Waals surface area (Å²) >= 11 is 5.99. The molecule has 0 aliphatic rings. The van der Waals surface area contributed by atoms with Gasteiger partial charge in [0.25, 0.3) is 0 Å². The van der Waals surface area contributed by atoms with E-state index in [4.69, 9.17) is 16.3 Å². The van der Waals surface area contributed by atoms with Gasteiger partial charge in [0.15, 0.2) is 0 Å². The Hall–Kier alpha value is -3.59. The minimum atomic E-state index is -1.27. The van der Waals surface area contributed by atoms with Gasteiger partial charge in [0.2, 0.25) is 5.62 Å². The van der Waals surface area contributed by atoms with Crippen LogP contribution in [0.2, 0.25) is 5.02 Å². The molecule has 0 aliphatic heterocycles. The van der Waals surface area contributed by atoms with E-state index >= 15 is 0 Å². The number of rotatable bonds is 8. The van der Waals surface area contributed by atoms with Gasteiger partial charge < -0.3 is 9.84 Å². The zero-order valence-corrected chi connectivity index (χ0v) is 21.1. The minimum absolute atomic E-state index is 0.0103. The molecule has 0 saturated heterocycles. The first-order chi connectivity index (χ1) is 16.4. The molecule has 0 amide bonds. The van der Waals surface area contributed by atoms with Gasteiger partial charge in [-0.25, -0.2) is 19.1 Å². The summed E-state index contributed by atoms with van der Waals surface area (Å²) in [6.07, 6.45) is -0.402. The fourth-order valence-electron chi connectivity index (χ4n) is 3.71. The first kappa shape index (κ1) is 26.0. The third-order valence-electron chi connectivity index (χ3n) is 5.30. The smallest absolute Gasteiger partial charge is 0.335 e. The number of hydrogen-bond donors (Lipinski definition) is 2. The van der Waals surface area contributed by atoms with E-state index in [1.165, 1.54) is 18.4 Å². The molecule has 0 saturated carbocycles. The maximum Gasteiger partial charge on any atom is 0.335 e. The van der Waals surface area contributed by atoms with Gasteiger partial charge in [-0.15, -0.1) is 0 Å². The van der Waals surface area contributed by atoms with E-state index in [2.05, 4.69) is 9.98 Å². The van der Waals surface area contributed by atoms with Crippen molar-refractivity contribution >= 4 is 23.3 Å². The van der Waals surface area contributed by atoms with Crippen LogP contribution in [0.5, 0.6) is 5.75 Å². The number of aromatic nitrogens is 3. The standard InChI is InChI=1S/C25H29ClN4O5/c1-15(2)35-20-11-10-19(12-16(20)3)27-22-28-23(33)30(25(4,5)13-21(31)32)24(34)29(22)14-17-6-8-18(26)9-7-17/h6-12,15H,13-14H2,1-5H3,(H,31,32)(H,27,28,33). The lowest BCUT2D eigenvalue weighted by Crippen LogP contribution is -2.56. The van der Waals surface area contributed by atoms with E-state index in [0.29, 0.717) is 16.5 Å². The quantitative estimate of drug-likeness (QED) is 0.490. The first-order valence-corrected chi connectivity index (χ1v) is 11.5. The molecule has 3 rings (SSSR count). The molecule has 1 aromatic heterocycles. The van der Waals surface area contributed by atoms with E-state index in [1.54, 1.807) is 42.5 Å². The average molecular weight is 501 g/mol. The van der Waals surface area contributed by atoms with Gasteiger partial charge in [-0.1, -0.05) is 23.7 Å². The number of aromatic amines is 1. The second-order valence-corrected chi connectivity index (χ2v) is 9.63. The van der Waals surface area contributed by atoms with Crippen LogP contribution >= 0.6 is 11.6 Å². The summed E-state index contributed by atoms with van der Waals surface area (Å²) < 4.78 is 7.99. The summed E-state index contributed by atoms with van der Waals surface area (Å²) in [6.45, 7) is 8.89. The minimum Gasteiger partial charge on any atom is -0.491 e. The summed E-state index contributed by atoms with van der Waals surface area (Å²) in [5, 5.41) is 9.85. The van der Waals surface area contributed by atoms with Gasteiger partial charge in [0, 0.05) is 5.02 Å². The fourth-order valence-corrected chi connectivity index (χ4v) is 3.84. The monoisotopic (exact) mass is 500 g/mol. The molecule has 0 aliphatic carbocycles. The second kappa shape index (κ2) is 10.4. The highest BCUT2D eigenvalue weighted by Crippen LogP contribution is 2.24. The number of carboxylic acids is 1. The Morgan fingerprint density at radius 3 is 2.40 bits per heavy atom. The molecule has 0 spiro atoms. The number of carboxylic acid groups (broad SMARTS) is 1. The van der Waals surface area contributed by atoms with Gasteiger partial charge >= 0.3 is 17.3 Å². The number of benzene rings is 2. The van der Waals surface area contributed by atoms with Crippen LogP contribution in [0, 0.1) is 6.92 Å². The van der Waals surface area contributed by atoms with E-state index in [0.717, 1.165) is 15.7 Å². The summed E-state index contributed by atoms with van der Waals surface area (Å²) in [4.78, 5) is 45.1. The number of halogens is 1.